The highest BCUT2D eigenvalue weighted by Crippen LogP contribution is 2.27. The molecule has 3 rings (SSSR count). The van der Waals surface area contributed by atoms with Crippen molar-refractivity contribution in [2.45, 2.75) is 31.3 Å². The molecule has 2 amide bonds. The summed E-state index contributed by atoms with van der Waals surface area (Å²) in [5.74, 6) is -0.219. The van der Waals surface area contributed by atoms with Crippen LogP contribution in [0.2, 0.25) is 10.0 Å². The second-order valence-electron chi connectivity index (χ2n) is 6.38. The molecule has 25 heavy (non-hydrogen) atoms. The van der Waals surface area contributed by atoms with Crippen molar-refractivity contribution in [2.24, 2.45) is 0 Å². The van der Waals surface area contributed by atoms with Gasteiger partial charge in [-0.3, -0.25) is 9.59 Å². The molecule has 1 aromatic rings. The number of carbonyl (C=O) groups is 2. The van der Waals surface area contributed by atoms with Crippen LogP contribution < -0.4 is 5.32 Å². The van der Waals surface area contributed by atoms with Crippen LogP contribution in [0, 0.1) is 0 Å². The largest absolute Gasteiger partial charge is 0.340 e. The number of hydrogen-bond acceptors (Lipinski definition) is 3. The number of nitrogens with zero attached hydrogens (tertiary/aromatic N) is 2. The highest BCUT2D eigenvalue weighted by Gasteiger charge is 2.38. The van der Waals surface area contributed by atoms with Gasteiger partial charge in [0.1, 0.15) is 6.04 Å². The third-order valence-electron chi connectivity index (χ3n) is 4.89. The summed E-state index contributed by atoms with van der Waals surface area (Å²) in [5.41, 5.74) is 0.356. The number of hydrogen-bond donors (Lipinski definition) is 1. The molecule has 5 nitrogen and oxygen atoms in total. The zero-order valence-corrected chi connectivity index (χ0v) is 16.3. The van der Waals surface area contributed by atoms with E-state index in [1.165, 1.54) is 0 Å². The van der Waals surface area contributed by atoms with Gasteiger partial charge in [-0.25, -0.2) is 0 Å². The zero-order chi connectivity index (χ0) is 17.3. The third-order valence-corrected chi connectivity index (χ3v) is 5.45. The number of rotatable bonds is 3. The van der Waals surface area contributed by atoms with E-state index in [2.05, 4.69) is 5.32 Å². The maximum Gasteiger partial charge on any atom is 0.256 e. The van der Waals surface area contributed by atoms with Gasteiger partial charge in [0.2, 0.25) is 5.91 Å². The molecule has 8 heteroatoms. The fourth-order valence-corrected chi connectivity index (χ4v) is 3.84. The highest BCUT2D eigenvalue weighted by molar-refractivity contribution is 6.35. The maximum atomic E-state index is 12.9. The van der Waals surface area contributed by atoms with E-state index < -0.39 is 6.04 Å². The van der Waals surface area contributed by atoms with Gasteiger partial charge < -0.3 is 15.1 Å². The molecule has 2 aliphatic heterocycles. The Morgan fingerprint density at radius 3 is 2.72 bits per heavy atom. The number of amides is 2. The number of benzene rings is 1. The zero-order valence-electron chi connectivity index (χ0n) is 14.0. The van der Waals surface area contributed by atoms with Crippen LogP contribution in [-0.2, 0) is 4.79 Å². The number of nitrogens with one attached hydrogen (secondary N) is 1. The second-order valence-corrected chi connectivity index (χ2v) is 7.22. The first-order valence-electron chi connectivity index (χ1n) is 8.22. The van der Waals surface area contributed by atoms with Crippen molar-refractivity contribution in [2.75, 3.05) is 26.7 Å². The minimum Gasteiger partial charge on any atom is -0.340 e. The lowest BCUT2D eigenvalue weighted by atomic mass is 10.1. The molecule has 2 aliphatic rings. The van der Waals surface area contributed by atoms with Gasteiger partial charge >= 0.3 is 0 Å². The Balaban J connectivity index is 0.00000225. The summed E-state index contributed by atoms with van der Waals surface area (Å²) in [6, 6.07) is 4.61. The SMILES string of the molecule is CN(C(=O)C1CCCN1C(=O)c1cc(Cl)ccc1Cl)C1CCNC1.Cl. The van der Waals surface area contributed by atoms with Gasteiger partial charge in [-0.2, -0.15) is 0 Å². The van der Waals surface area contributed by atoms with E-state index in [1.54, 1.807) is 28.0 Å². The predicted octanol–water partition coefficient (Wildman–Crippen LogP) is 2.84. The number of likely N-dealkylation sites (tertiary alicyclic amines) is 1. The number of halogens is 3. The van der Waals surface area contributed by atoms with Crippen molar-refractivity contribution in [3.8, 4) is 0 Å². The van der Waals surface area contributed by atoms with Gasteiger partial charge in [-0.05, 0) is 44.0 Å². The summed E-state index contributed by atoms with van der Waals surface area (Å²) in [7, 11) is 1.83. The van der Waals surface area contributed by atoms with E-state index in [-0.39, 0.29) is 30.3 Å². The molecule has 0 aliphatic carbocycles. The highest BCUT2D eigenvalue weighted by atomic mass is 35.5. The van der Waals surface area contributed by atoms with E-state index in [1.807, 2.05) is 7.05 Å². The van der Waals surface area contributed by atoms with Crippen LogP contribution in [-0.4, -0.2) is 60.4 Å². The molecule has 2 saturated heterocycles. The Hall–Kier alpha value is -1.01. The minimum atomic E-state index is -0.418. The lowest BCUT2D eigenvalue weighted by molar-refractivity contribution is -0.135. The van der Waals surface area contributed by atoms with Gasteiger partial charge in [0, 0.05) is 31.2 Å². The molecule has 0 aromatic heterocycles. The van der Waals surface area contributed by atoms with Crippen LogP contribution in [0.3, 0.4) is 0 Å². The summed E-state index contributed by atoms with van der Waals surface area (Å²) >= 11 is 12.1. The van der Waals surface area contributed by atoms with E-state index >= 15 is 0 Å². The van der Waals surface area contributed by atoms with Crippen LogP contribution in [0.4, 0.5) is 0 Å². The fraction of sp³-hybridized carbons (Fsp3) is 0.529. The molecular weight excluding hydrogens is 385 g/mol. The van der Waals surface area contributed by atoms with Crippen LogP contribution >= 0.6 is 35.6 Å². The molecule has 0 bridgehead atoms. The molecule has 0 radical (unpaired) electrons. The fourth-order valence-electron chi connectivity index (χ4n) is 3.47. The first-order valence-corrected chi connectivity index (χ1v) is 8.98. The lowest BCUT2D eigenvalue weighted by Gasteiger charge is -2.31. The second kappa shape index (κ2) is 8.58. The summed E-state index contributed by atoms with van der Waals surface area (Å²) in [4.78, 5) is 29.2. The van der Waals surface area contributed by atoms with Gasteiger partial charge in [0.25, 0.3) is 5.91 Å². The average Bonchev–Trinajstić information content (AvgIpc) is 3.26. The van der Waals surface area contributed by atoms with Crippen LogP contribution in [0.25, 0.3) is 0 Å². The Morgan fingerprint density at radius 2 is 2.04 bits per heavy atom. The van der Waals surface area contributed by atoms with Gasteiger partial charge in [-0.15, -0.1) is 12.4 Å². The topological polar surface area (TPSA) is 52.7 Å². The summed E-state index contributed by atoms with van der Waals surface area (Å²) in [5, 5.41) is 4.08. The van der Waals surface area contributed by atoms with E-state index in [0.717, 1.165) is 25.9 Å². The molecular formula is C17H22Cl3N3O2. The molecule has 2 fully saturated rings. The molecule has 2 atom stereocenters. The molecule has 138 valence electrons. The summed E-state index contributed by atoms with van der Waals surface area (Å²) in [6.07, 6.45) is 2.45. The standard InChI is InChI=1S/C17H21Cl2N3O2.ClH/c1-21(12-6-7-20-10-12)17(24)15-3-2-8-22(15)16(23)13-9-11(18)4-5-14(13)19;/h4-5,9,12,15,20H,2-3,6-8,10H2,1H3;1H. The smallest absolute Gasteiger partial charge is 0.256 e. The van der Waals surface area contributed by atoms with Crippen molar-refractivity contribution in [1.82, 2.24) is 15.1 Å². The van der Waals surface area contributed by atoms with Crippen molar-refractivity contribution in [3.63, 3.8) is 0 Å². The van der Waals surface area contributed by atoms with E-state index in [4.69, 9.17) is 23.2 Å². The van der Waals surface area contributed by atoms with Crippen molar-refractivity contribution >= 4 is 47.4 Å². The lowest BCUT2D eigenvalue weighted by Crippen LogP contribution is -2.50. The molecule has 0 spiro atoms. The Morgan fingerprint density at radius 1 is 1.28 bits per heavy atom. The quantitative estimate of drug-likeness (QED) is 0.840. The summed E-state index contributed by atoms with van der Waals surface area (Å²) < 4.78 is 0. The van der Waals surface area contributed by atoms with E-state index in [9.17, 15) is 9.59 Å². The first-order chi connectivity index (χ1) is 11.5. The van der Waals surface area contributed by atoms with Crippen molar-refractivity contribution in [3.05, 3.63) is 33.8 Å². The van der Waals surface area contributed by atoms with Crippen LogP contribution in [0.15, 0.2) is 18.2 Å². The number of carbonyl (C=O) groups excluding carboxylic acids is 2. The molecule has 2 unspecified atom stereocenters. The Labute approximate surface area is 164 Å². The monoisotopic (exact) mass is 405 g/mol. The normalized spacial score (nSPS) is 22.6. The first kappa shape index (κ1) is 20.3. The Kier molecular flexibility index (Phi) is 6.97. The van der Waals surface area contributed by atoms with Gasteiger partial charge in [0.15, 0.2) is 0 Å². The van der Waals surface area contributed by atoms with E-state index in [0.29, 0.717) is 28.6 Å². The van der Waals surface area contributed by atoms with Gasteiger partial charge in [-0.1, -0.05) is 23.2 Å². The van der Waals surface area contributed by atoms with Crippen molar-refractivity contribution < 1.29 is 9.59 Å². The minimum absolute atomic E-state index is 0. The third kappa shape index (κ3) is 4.22. The van der Waals surface area contributed by atoms with Crippen LogP contribution in [0.1, 0.15) is 29.6 Å². The predicted molar refractivity (Wildman–Crippen MR) is 102 cm³/mol. The molecule has 1 aromatic carbocycles. The number of likely N-dealkylation sites (N-methyl/N-ethyl adjacent to an activating group) is 1. The average molecular weight is 407 g/mol. The maximum absolute atomic E-state index is 12.9. The summed E-state index contributed by atoms with van der Waals surface area (Å²) in [6.45, 7) is 2.30. The molecule has 0 saturated carbocycles. The van der Waals surface area contributed by atoms with Gasteiger partial charge in [0.05, 0.1) is 10.6 Å². The molecule has 1 N–H and O–H groups in total. The molecule has 2 heterocycles. The van der Waals surface area contributed by atoms with Crippen LogP contribution in [0.5, 0.6) is 0 Å². The van der Waals surface area contributed by atoms with Crippen molar-refractivity contribution in [1.29, 1.82) is 0 Å². The Bertz CT molecular complexity index is 650.